The number of halogens is 2. The Bertz CT molecular complexity index is 1040. The van der Waals surface area contributed by atoms with Gasteiger partial charge in [-0.3, -0.25) is 23.7 Å². The Hall–Kier alpha value is -2.28. The summed E-state index contributed by atoms with van der Waals surface area (Å²) in [5, 5.41) is 21.1. The summed E-state index contributed by atoms with van der Waals surface area (Å²) in [4.78, 5) is 19.8. The van der Waals surface area contributed by atoms with E-state index in [1.165, 1.54) is 0 Å². The fourth-order valence-electron chi connectivity index (χ4n) is 3.31. The van der Waals surface area contributed by atoms with Crippen LogP contribution < -0.4 is 10.8 Å². The summed E-state index contributed by atoms with van der Waals surface area (Å²) < 4.78 is 57.6. The highest BCUT2D eigenvalue weighted by Gasteiger charge is 2.59. The number of rotatable bonds is 5. The lowest BCUT2D eigenvalue weighted by Gasteiger charge is -2.30. The molecule has 3 N–H and O–H groups in total. The second-order valence-corrected chi connectivity index (χ2v) is 8.62. The van der Waals surface area contributed by atoms with Crippen molar-refractivity contribution in [3.8, 4) is 0 Å². The van der Waals surface area contributed by atoms with E-state index in [0.717, 1.165) is 17.8 Å². The van der Waals surface area contributed by atoms with Crippen LogP contribution in [0.25, 0.3) is 0 Å². The normalized spacial score (nSPS) is 32.6. The highest BCUT2D eigenvalue weighted by Crippen LogP contribution is 2.55. The number of hydrogen-bond donors (Lipinski definition) is 3. The number of nitrogens with one attached hydrogen (secondary N) is 1. The van der Waals surface area contributed by atoms with Crippen LogP contribution in [0.5, 0.6) is 0 Å². The Kier molecular flexibility index (Phi) is 5.90. The van der Waals surface area contributed by atoms with E-state index in [-0.39, 0.29) is 12.4 Å². The van der Waals surface area contributed by atoms with E-state index in [9.17, 15) is 23.2 Å². The number of aliphatic hydroxyl groups is 2. The average molecular weight is 460 g/mol. The van der Waals surface area contributed by atoms with Crippen molar-refractivity contribution in [3.63, 3.8) is 0 Å². The Balaban J connectivity index is 1.52. The number of pyridine rings is 1. The molecule has 0 radical (unpaired) electrons. The Morgan fingerprint density at radius 3 is 2.71 bits per heavy atom. The number of ether oxygens (including phenoxy) is 1. The van der Waals surface area contributed by atoms with Crippen LogP contribution >= 0.6 is 7.75 Å². The number of alkyl halides is 2. The zero-order valence-electron chi connectivity index (χ0n) is 15.9. The molecular formula is C17H19F2N4O7P. The smallest absolute Gasteiger partial charge is 0.394 e. The van der Waals surface area contributed by atoms with Gasteiger partial charge in [0, 0.05) is 25.0 Å². The minimum atomic E-state index is -3.90. The lowest BCUT2D eigenvalue weighted by atomic mass is 10.1. The molecular weight excluding hydrogens is 441 g/mol. The van der Waals surface area contributed by atoms with Crippen molar-refractivity contribution in [3.05, 3.63) is 52.8 Å². The summed E-state index contributed by atoms with van der Waals surface area (Å²) >= 11 is 0. The third-order valence-corrected chi connectivity index (χ3v) is 6.44. The maximum absolute atomic E-state index is 14.3. The van der Waals surface area contributed by atoms with Crippen molar-refractivity contribution in [2.24, 2.45) is 0 Å². The highest BCUT2D eigenvalue weighted by molar-refractivity contribution is 7.55. The van der Waals surface area contributed by atoms with E-state index in [1.807, 2.05) is 0 Å². The first-order chi connectivity index (χ1) is 14.7. The zero-order valence-corrected chi connectivity index (χ0v) is 16.8. The van der Waals surface area contributed by atoms with Gasteiger partial charge in [0.15, 0.2) is 6.10 Å². The van der Waals surface area contributed by atoms with Crippen LogP contribution in [0.2, 0.25) is 0 Å². The minimum absolute atomic E-state index is 0.108. The fourth-order valence-corrected chi connectivity index (χ4v) is 4.80. The first-order valence-electron chi connectivity index (χ1n) is 9.26. The van der Waals surface area contributed by atoms with Gasteiger partial charge in [0.1, 0.15) is 11.9 Å². The molecule has 0 spiro atoms. The van der Waals surface area contributed by atoms with Gasteiger partial charge in [-0.25, -0.2) is 9.36 Å². The summed E-state index contributed by atoms with van der Waals surface area (Å²) in [6, 6.07) is 4.52. The molecule has 0 bridgehead atoms. The van der Waals surface area contributed by atoms with E-state index in [0.29, 0.717) is 11.0 Å². The van der Waals surface area contributed by atoms with Crippen LogP contribution in [0.3, 0.4) is 0 Å². The third kappa shape index (κ3) is 4.25. The van der Waals surface area contributed by atoms with E-state index in [4.69, 9.17) is 18.9 Å². The molecule has 2 saturated heterocycles. The monoisotopic (exact) mass is 460 g/mol. The van der Waals surface area contributed by atoms with Gasteiger partial charge in [0.25, 0.3) is 0 Å². The molecule has 168 valence electrons. The highest BCUT2D eigenvalue weighted by atomic mass is 31.2. The Morgan fingerprint density at radius 1 is 1.32 bits per heavy atom. The molecule has 0 amide bonds. The van der Waals surface area contributed by atoms with Gasteiger partial charge in [-0.15, -0.1) is 0 Å². The summed E-state index contributed by atoms with van der Waals surface area (Å²) in [6.45, 7) is -0.748. The first-order valence-corrected chi connectivity index (χ1v) is 10.8. The van der Waals surface area contributed by atoms with Gasteiger partial charge in [-0.05, 0) is 23.8 Å². The summed E-state index contributed by atoms with van der Waals surface area (Å²) in [5.41, 5.74) is -0.420. The topological polar surface area (TPSA) is 145 Å². The van der Waals surface area contributed by atoms with Crippen molar-refractivity contribution >= 4 is 13.6 Å². The molecule has 2 unspecified atom stereocenters. The van der Waals surface area contributed by atoms with E-state index >= 15 is 0 Å². The average Bonchev–Trinajstić information content (AvgIpc) is 2.97. The molecule has 0 aliphatic carbocycles. The molecule has 14 heteroatoms. The van der Waals surface area contributed by atoms with Crippen molar-refractivity contribution in [2.75, 3.05) is 18.3 Å². The molecule has 31 heavy (non-hydrogen) atoms. The summed E-state index contributed by atoms with van der Waals surface area (Å²) in [7, 11) is -3.90. The Labute approximate surface area is 174 Å². The molecule has 4 heterocycles. The van der Waals surface area contributed by atoms with Crippen molar-refractivity contribution < 1.29 is 37.3 Å². The molecule has 5 atom stereocenters. The number of anilines is 1. The molecule has 2 aromatic heterocycles. The summed E-state index contributed by atoms with van der Waals surface area (Å²) in [6.07, 6.45) is -2.06. The van der Waals surface area contributed by atoms with Crippen LogP contribution in [-0.2, 0) is 18.3 Å². The van der Waals surface area contributed by atoms with E-state index in [1.54, 1.807) is 24.5 Å². The predicted octanol–water partition coefficient (Wildman–Crippen LogP) is 1.22. The van der Waals surface area contributed by atoms with Gasteiger partial charge in [-0.2, -0.15) is 13.8 Å². The van der Waals surface area contributed by atoms with Gasteiger partial charge < -0.3 is 14.9 Å². The standard InChI is InChI=1S/C17H19F2N4O7P/c18-17(19)14(25)12(9-24)29-15(17)23-7-3-13(21-16(23)26)22-31(27)28-8-4-11(30-31)10-1-5-20-6-2-10/h1-3,5-7,11-12,14-15,24-25H,4,8-9H2,(H,21,22,26,27)/t11?,12-,14+,15+,31?/m0/s1. The number of hydrogen-bond acceptors (Lipinski definition) is 9. The molecule has 2 aliphatic heterocycles. The van der Waals surface area contributed by atoms with Gasteiger partial charge >= 0.3 is 19.4 Å². The molecule has 4 rings (SSSR count). The van der Waals surface area contributed by atoms with Crippen molar-refractivity contribution in [1.82, 2.24) is 14.5 Å². The SMILES string of the molecule is O=c1nc(NP2(=O)OCCC(c3ccncc3)O2)ccn1[C@@H]1O[C@@H](CO)[C@@H](O)C1(F)F. The van der Waals surface area contributed by atoms with E-state index < -0.39 is 50.5 Å². The van der Waals surface area contributed by atoms with Crippen molar-refractivity contribution in [2.45, 2.75) is 36.9 Å². The minimum Gasteiger partial charge on any atom is -0.394 e. The lowest BCUT2D eigenvalue weighted by Crippen LogP contribution is -2.41. The first kappa shape index (κ1) is 21.9. The second-order valence-electron chi connectivity index (χ2n) is 6.94. The van der Waals surface area contributed by atoms with Gasteiger partial charge in [0.05, 0.1) is 19.3 Å². The number of aliphatic hydroxyl groups excluding tert-OH is 2. The van der Waals surface area contributed by atoms with Crippen LogP contribution in [0, 0.1) is 0 Å². The van der Waals surface area contributed by atoms with Crippen LogP contribution in [0.4, 0.5) is 14.6 Å². The summed E-state index contributed by atoms with van der Waals surface area (Å²) in [5.74, 6) is -4.06. The van der Waals surface area contributed by atoms with Gasteiger partial charge in [-0.1, -0.05) is 0 Å². The third-order valence-electron chi connectivity index (χ3n) is 4.88. The molecule has 2 aliphatic rings. The molecule has 0 saturated carbocycles. The van der Waals surface area contributed by atoms with Crippen LogP contribution in [0.1, 0.15) is 24.3 Å². The fraction of sp³-hybridized carbons (Fsp3) is 0.471. The van der Waals surface area contributed by atoms with Gasteiger partial charge in [0.2, 0.25) is 6.23 Å². The van der Waals surface area contributed by atoms with Crippen LogP contribution in [0.15, 0.2) is 41.6 Å². The zero-order chi connectivity index (χ0) is 22.2. The molecule has 2 aromatic rings. The molecule has 2 fully saturated rings. The second kappa shape index (κ2) is 8.34. The molecule has 11 nitrogen and oxygen atoms in total. The number of nitrogens with zero attached hydrogens (tertiary/aromatic N) is 3. The Morgan fingerprint density at radius 2 is 2.06 bits per heavy atom. The number of aromatic nitrogens is 3. The largest absolute Gasteiger partial charge is 0.434 e. The quantitative estimate of drug-likeness (QED) is 0.557. The predicted molar refractivity (Wildman–Crippen MR) is 100 cm³/mol. The maximum atomic E-state index is 14.3. The van der Waals surface area contributed by atoms with Crippen molar-refractivity contribution in [1.29, 1.82) is 0 Å². The van der Waals surface area contributed by atoms with E-state index in [2.05, 4.69) is 15.1 Å². The lowest BCUT2D eigenvalue weighted by molar-refractivity contribution is -0.140. The maximum Gasteiger partial charge on any atom is 0.434 e. The van der Waals surface area contributed by atoms with Crippen LogP contribution in [-0.4, -0.2) is 56.1 Å². The molecule has 0 aromatic carbocycles.